The fourth-order valence-corrected chi connectivity index (χ4v) is 3.20. The van der Waals surface area contributed by atoms with Crippen LogP contribution in [0.4, 0.5) is 11.5 Å². The number of nitrogens with one attached hydrogen (secondary N) is 1. The van der Waals surface area contributed by atoms with Crippen LogP contribution in [-0.2, 0) is 17.4 Å². The number of anilines is 2. The van der Waals surface area contributed by atoms with E-state index in [1.54, 1.807) is 10.7 Å². The molecule has 150 valence electrons. The molecule has 0 aliphatic rings. The lowest BCUT2D eigenvalue weighted by molar-refractivity contribution is 0.283. The predicted octanol–water partition coefficient (Wildman–Crippen LogP) is 4.57. The zero-order valence-electron chi connectivity index (χ0n) is 17.8. The monoisotopic (exact) mass is 382 g/mol. The zero-order valence-corrected chi connectivity index (χ0v) is 17.8. The average molecular weight is 383 g/mol. The Hall–Kier alpha value is -2.60. The molecule has 0 saturated carbocycles. The molecule has 0 bridgehead atoms. The van der Waals surface area contributed by atoms with E-state index in [4.69, 9.17) is 0 Å². The van der Waals surface area contributed by atoms with Gasteiger partial charge < -0.3 is 15.5 Å². The standard InChI is InChI=1S/C22H30N4O2/c1-13-8-18(26-20(24-13)14(12-27)11-23-26)25-17-10-15(21(2,3)4)9-16(19(17)28)22(5,6)7/h8-11,25,27-28H,12H2,1-7H3. The van der Waals surface area contributed by atoms with Crippen LogP contribution in [0.3, 0.4) is 0 Å². The number of phenolic OH excluding ortho intramolecular Hbond substituents is 1. The quantitative estimate of drug-likeness (QED) is 0.578. The second kappa shape index (κ2) is 6.78. The summed E-state index contributed by atoms with van der Waals surface area (Å²) < 4.78 is 1.65. The smallest absolute Gasteiger partial charge is 0.163 e. The largest absolute Gasteiger partial charge is 0.505 e. The molecule has 6 nitrogen and oxygen atoms in total. The molecule has 0 radical (unpaired) electrons. The Balaban J connectivity index is 2.20. The van der Waals surface area contributed by atoms with E-state index in [1.807, 2.05) is 19.1 Å². The van der Waals surface area contributed by atoms with Crippen LogP contribution in [0.2, 0.25) is 0 Å². The number of fused-ring (bicyclic) bond motifs is 1. The van der Waals surface area contributed by atoms with Crippen molar-refractivity contribution in [2.24, 2.45) is 0 Å². The van der Waals surface area contributed by atoms with Gasteiger partial charge in [-0.2, -0.15) is 9.61 Å². The lowest BCUT2D eigenvalue weighted by atomic mass is 9.79. The maximum absolute atomic E-state index is 11.0. The van der Waals surface area contributed by atoms with Crippen LogP contribution in [0, 0.1) is 6.92 Å². The van der Waals surface area contributed by atoms with Gasteiger partial charge in [-0.3, -0.25) is 0 Å². The summed E-state index contributed by atoms with van der Waals surface area (Å²) in [5, 5.41) is 28.3. The first-order valence-electron chi connectivity index (χ1n) is 9.52. The molecule has 2 heterocycles. The first-order chi connectivity index (χ1) is 12.9. The molecule has 0 saturated heterocycles. The summed E-state index contributed by atoms with van der Waals surface area (Å²) >= 11 is 0. The van der Waals surface area contributed by atoms with Crippen molar-refractivity contribution in [1.29, 1.82) is 0 Å². The number of aliphatic hydroxyl groups excluding tert-OH is 1. The Morgan fingerprint density at radius 1 is 1.04 bits per heavy atom. The first-order valence-corrected chi connectivity index (χ1v) is 9.52. The fourth-order valence-electron chi connectivity index (χ4n) is 3.20. The van der Waals surface area contributed by atoms with Crippen molar-refractivity contribution in [1.82, 2.24) is 14.6 Å². The van der Waals surface area contributed by atoms with Gasteiger partial charge in [0.1, 0.15) is 11.6 Å². The van der Waals surface area contributed by atoms with E-state index in [-0.39, 0.29) is 23.2 Å². The van der Waals surface area contributed by atoms with E-state index in [0.717, 1.165) is 16.8 Å². The number of hydrogen-bond acceptors (Lipinski definition) is 5. The maximum atomic E-state index is 11.0. The second-order valence-electron chi connectivity index (χ2n) is 9.39. The lowest BCUT2D eigenvalue weighted by Crippen LogP contribution is -2.17. The number of phenols is 1. The highest BCUT2D eigenvalue weighted by atomic mass is 16.3. The molecule has 0 amide bonds. The third-order valence-corrected chi connectivity index (χ3v) is 4.89. The van der Waals surface area contributed by atoms with E-state index in [0.29, 0.717) is 22.7 Å². The molecule has 3 N–H and O–H groups in total. The van der Waals surface area contributed by atoms with Crippen LogP contribution in [0.15, 0.2) is 24.4 Å². The topological polar surface area (TPSA) is 82.7 Å². The van der Waals surface area contributed by atoms with Crippen LogP contribution in [0.1, 0.15) is 63.9 Å². The number of aromatic nitrogens is 3. The molecule has 3 aromatic rings. The number of hydrogen-bond donors (Lipinski definition) is 3. The van der Waals surface area contributed by atoms with Gasteiger partial charge in [-0.15, -0.1) is 0 Å². The molecule has 6 heteroatoms. The molecule has 0 aliphatic heterocycles. The highest BCUT2D eigenvalue weighted by molar-refractivity contribution is 5.70. The van der Waals surface area contributed by atoms with Gasteiger partial charge in [0, 0.05) is 22.9 Å². The summed E-state index contributed by atoms with van der Waals surface area (Å²) in [5.74, 6) is 0.918. The highest BCUT2D eigenvalue weighted by Gasteiger charge is 2.25. The molecule has 0 aliphatic carbocycles. The summed E-state index contributed by atoms with van der Waals surface area (Å²) in [6.45, 7) is 14.5. The zero-order chi connectivity index (χ0) is 20.9. The summed E-state index contributed by atoms with van der Waals surface area (Å²) in [7, 11) is 0. The Morgan fingerprint density at radius 2 is 1.71 bits per heavy atom. The summed E-state index contributed by atoms with van der Waals surface area (Å²) in [5.41, 5.74) is 4.45. The maximum Gasteiger partial charge on any atom is 0.163 e. The number of aromatic hydroxyl groups is 1. The van der Waals surface area contributed by atoms with E-state index < -0.39 is 0 Å². The van der Waals surface area contributed by atoms with Crippen molar-refractivity contribution in [2.45, 2.75) is 65.9 Å². The Bertz CT molecular complexity index is 1020. The molecule has 1 aromatic carbocycles. The van der Waals surface area contributed by atoms with Gasteiger partial charge in [0.05, 0.1) is 18.5 Å². The van der Waals surface area contributed by atoms with E-state index in [1.165, 1.54) is 0 Å². The van der Waals surface area contributed by atoms with Crippen LogP contribution in [0.25, 0.3) is 5.65 Å². The van der Waals surface area contributed by atoms with Gasteiger partial charge in [0.2, 0.25) is 0 Å². The average Bonchev–Trinajstić information content (AvgIpc) is 2.97. The molecule has 3 rings (SSSR count). The Labute approximate surface area is 166 Å². The fraction of sp³-hybridized carbons (Fsp3) is 0.455. The number of benzene rings is 1. The van der Waals surface area contributed by atoms with Gasteiger partial charge in [-0.1, -0.05) is 47.6 Å². The predicted molar refractivity (Wildman–Crippen MR) is 112 cm³/mol. The highest BCUT2D eigenvalue weighted by Crippen LogP contribution is 2.41. The molecule has 0 spiro atoms. The molecule has 28 heavy (non-hydrogen) atoms. The number of aliphatic hydroxyl groups is 1. The second-order valence-corrected chi connectivity index (χ2v) is 9.39. The molecular weight excluding hydrogens is 352 g/mol. The third-order valence-electron chi connectivity index (χ3n) is 4.89. The van der Waals surface area contributed by atoms with Crippen LogP contribution >= 0.6 is 0 Å². The van der Waals surface area contributed by atoms with E-state index in [9.17, 15) is 10.2 Å². The van der Waals surface area contributed by atoms with Gasteiger partial charge >= 0.3 is 0 Å². The number of nitrogens with zero attached hydrogens (tertiary/aromatic N) is 3. The van der Waals surface area contributed by atoms with Crippen molar-refractivity contribution >= 4 is 17.2 Å². The van der Waals surface area contributed by atoms with Crippen LogP contribution in [-0.4, -0.2) is 24.8 Å². The van der Waals surface area contributed by atoms with Crippen LogP contribution < -0.4 is 5.32 Å². The molecule has 0 atom stereocenters. The van der Waals surface area contributed by atoms with Crippen molar-refractivity contribution in [3.63, 3.8) is 0 Å². The normalized spacial score (nSPS) is 12.6. The summed E-state index contributed by atoms with van der Waals surface area (Å²) in [6.07, 6.45) is 1.61. The van der Waals surface area contributed by atoms with E-state index in [2.05, 4.69) is 63.0 Å². The Kier molecular flexibility index (Phi) is 4.88. The van der Waals surface area contributed by atoms with Gasteiger partial charge in [0.25, 0.3) is 0 Å². The summed E-state index contributed by atoms with van der Waals surface area (Å²) in [4.78, 5) is 4.48. The van der Waals surface area contributed by atoms with Gasteiger partial charge in [0.15, 0.2) is 5.65 Å². The molecule has 0 fully saturated rings. The van der Waals surface area contributed by atoms with Gasteiger partial charge in [-0.25, -0.2) is 4.98 Å². The van der Waals surface area contributed by atoms with E-state index >= 15 is 0 Å². The summed E-state index contributed by atoms with van der Waals surface area (Å²) in [6, 6.07) is 5.95. The van der Waals surface area contributed by atoms with Crippen LogP contribution in [0.5, 0.6) is 5.75 Å². The number of aryl methyl sites for hydroxylation is 1. The molecule has 2 aromatic heterocycles. The third kappa shape index (κ3) is 3.69. The molecule has 0 unspecified atom stereocenters. The minimum Gasteiger partial charge on any atom is -0.505 e. The SMILES string of the molecule is Cc1cc(Nc2cc(C(C)(C)C)cc(C(C)(C)C)c2O)n2ncc(CO)c2n1. The number of rotatable bonds is 3. The lowest BCUT2D eigenvalue weighted by Gasteiger charge is -2.27. The van der Waals surface area contributed by atoms with Crippen molar-refractivity contribution in [3.8, 4) is 5.75 Å². The van der Waals surface area contributed by atoms with Crippen molar-refractivity contribution in [2.75, 3.05) is 5.32 Å². The minimum atomic E-state index is -0.207. The minimum absolute atomic E-state index is 0.0661. The van der Waals surface area contributed by atoms with Crippen molar-refractivity contribution < 1.29 is 10.2 Å². The first kappa shape index (κ1) is 20.1. The Morgan fingerprint density at radius 3 is 2.29 bits per heavy atom. The van der Waals surface area contributed by atoms with Gasteiger partial charge in [-0.05, 0) is 29.4 Å². The molecular formula is C22H30N4O2. The van der Waals surface area contributed by atoms with Crippen molar-refractivity contribution in [3.05, 3.63) is 46.8 Å².